The summed E-state index contributed by atoms with van der Waals surface area (Å²) < 4.78 is 5.46. The maximum atomic E-state index is 12.5. The Morgan fingerprint density at radius 2 is 2.00 bits per heavy atom. The lowest BCUT2D eigenvalue weighted by Gasteiger charge is -2.34. The molecule has 0 aliphatic carbocycles. The van der Waals surface area contributed by atoms with Gasteiger partial charge in [-0.2, -0.15) is 0 Å². The van der Waals surface area contributed by atoms with Gasteiger partial charge in [0.2, 0.25) is 11.8 Å². The Labute approximate surface area is 140 Å². The van der Waals surface area contributed by atoms with Crippen molar-refractivity contribution in [2.75, 3.05) is 32.7 Å². The van der Waals surface area contributed by atoms with Crippen LogP contribution in [0.1, 0.15) is 24.2 Å². The maximum Gasteiger partial charge on any atom is 0.255 e. The molecule has 1 aromatic heterocycles. The zero-order valence-corrected chi connectivity index (χ0v) is 14.0. The fourth-order valence-corrected chi connectivity index (χ4v) is 2.58. The van der Waals surface area contributed by atoms with Gasteiger partial charge < -0.3 is 15.4 Å². The second-order valence-corrected chi connectivity index (χ2v) is 6.12. The predicted octanol–water partition coefficient (Wildman–Crippen LogP) is 0.765. The Morgan fingerprint density at radius 1 is 1.35 bits per heavy atom. The Morgan fingerprint density at radius 3 is 2.52 bits per heavy atom. The molecule has 0 bridgehead atoms. The first-order valence-electron chi connectivity index (χ1n) is 7.49. The highest BCUT2D eigenvalue weighted by molar-refractivity contribution is 6.32. The maximum absolute atomic E-state index is 12.5. The zero-order valence-electron chi connectivity index (χ0n) is 13.3. The molecule has 8 heteroatoms. The quantitative estimate of drug-likeness (QED) is 0.855. The number of nitrogens with zero attached hydrogens (tertiary/aromatic N) is 3. The van der Waals surface area contributed by atoms with Gasteiger partial charge in [-0.1, -0.05) is 11.6 Å². The normalized spacial score (nSPS) is 15.7. The highest BCUT2D eigenvalue weighted by Crippen LogP contribution is 2.24. The van der Waals surface area contributed by atoms with Crippen molar-refractivity contribution in [3.63, 3.8) is 0 Å². The molecule has 2 rings (SSSR count). The average Bonchev–Trinajstić information content (AvgIpc) is 2.48. The number of amides is 2. The van der Waals surface area contributed by atoms with Crippen LogP contribution in [-0.4, -0.2) is 65.4 Å². The van der Waals surface area contributed by atoms with Gasteiger partial charge in [-0.3, -0.25) is 14.5 Å². The second-order valence-electron chi connectivity index (χ2n) is 5.71. The van der Waals surface area contributed by atoms with E-state index in [1.807, 2.05) is 18.7 Å². The van der Waals surface area contributed by atoms with Crippen LogP contribution in [0.2, 0.25) is 5.02 Å². The zero-order chi connectivity index (χ0) is 17.0. The van der Waals surface area contributed by atoms with Gasteiger partial charge >= 0.3 is 0 Å². The van der Waals surface area contributed by atoms with Gasteiger partial charge in [0.1, 0.15) is 5.02 Å². The fourth-order valence-electron chi connectivity index (χ4n) is 2.36. The number of carbonyl (C=O) groups excluding carboxylic acids is 2. The van der Waals surface area contributed by atoms with Crippen LogP contribution in [0.5, 0.6) is 5.88 Å². The number of primary amides is 1. The molecule has 2 amide bonds. The number of piperazine rings is 1. The summed E-state index contributed by atoms with van der Waals surface area (Å²) in [5, 5.41) is 0.317. The number of ether oxygens (including phenoxy) is 1. The lowest BCUT2D eigenvalue weighted by Crippen LogP contribution is -2.50. The Kier molecular flexibility index (Phi) is 5.79. The van der Waals surface area contributed by atoms with E-state index in [-0.39, 0.29) is 24.5 Å². The molecule has 0 unspecified atom stereocenters. The number of hydrogen-bond donors (Lipinski definition) is 1. The van der Waals surface area contributed by atoms with E-state index in [0.29, 0.717) is 42.6 Å². The molecule has 23 heavy (non-hydrogen) atoms. The van der Waals surface area contributed by atoms with E-state index in [0.717, 1.165) is 0 Å². The number of pyridine rings is 1. The van der Waals surface area contributed by atoms with Crippen LogP contribution in [0, 0.1) is 0 Å². The van der Waals surface area contributed by atoms with E-state index < -0.39 is 0 Å². The van der Waals surface area contributed by atoms with Gasteiger partial charge in [0.15, 0.2) is 0 Å². The molecule has 2 N–H and O–H groups in total. The molecule has 7 nitrogen and oxygen atoms in total. The van der Waals surface area contributed by atoms with Crippen molar-refractivity contribution in [1.29, 1.82) is 0 Å². The van der Waals surface area contributed by atoms with Gasteiger partial charge in [-0.25, -0.2) is 4.98 Å². The summed E-state index contributed by atoms with van der Waals surface area (Å²) in [6.45, 7) is 6.28. The van der Waals surface area contributed by atoms with Crippen LogP contribution in [0.4, 0.5) is 0 Å². The SMILES string of the molecule is CC(C)Oc1ncc(C(=O)N2CCN(CC(N)=O)CC2)cc1Cl. The molecule has 1 aromatic rings. The summed E-state index contributed by atoms with van der Waals surface area (Å²) >= 11 is 6.12. The van der Waals surface area contributed by atoms with Gasteiger partial charge in [0.25, 0.3) is 5.91 Å². The molecule has 126 valence electrons. The van der Waals surface area contributed by atoms with Crippen LogP contribution >= 0.6 is 11.6 Å². The van der Waals surface area contributed by atoms with E-state index in [9.17, 15) is 9.59 Å². The largest absolute Gasteiger partial charge is 0.474 e. The number of aromatic nitrogens is 1. The first kappa shape index (κ1) is 17.5. The van der Waals surface area contributed by atoms with Crippen LogP contribution in [0.25, 0.3) is 0 Å². The van der Waals surface area contributed by atoms with Crippen LogP contribution in [0.3, 0.4) is 0 Å². The molecule has 1 fully saturated rings. The first-order valence-corrected chi connectivity index (χ1v) is 7.86. The van der Waals surface area contributed by atoms with Crippen molar-refractivity contribution < 1.29 is 14.3 Å². The van der Waals surface area contributed by atoms with Crippen LogP contribution in [0.15, 0.2) is 12.3 Å². The minimum atomic E-state index is -0.360. The van der Waals surface area contributed by atoms with E-state index in [4.69, 9.17) is 22.1 Å². The number of nitrogens with two attached hydrogens (primary N) is 1. The summed E-state index contributed by atoms with van der Waals surface area (Å²) in [5.41, 5.74) is 5.60. The van der Waals surface area contributed by atoms with Gasteiger partial charge in [0.05, 0.1) is 18.2 Å². The molecule has 0 spiro atoms. The van der Waals surface area contributed by atoms with Gasteiger partial charge in [-0.15, -0.1) is 0 Å². The molecule has 2 heterocycles. The Bertz CT molecular complexity index is 586. The topological polar surface area (TPSA) is 88.8 Å². The highest BCUT2D eigenvalue weighted by atomic mass is 35.5. The van der Waals surface area contributed by atoms with Gasteiger partial charge in [0, 0.05) is 32.4 Å². The first-order chi connectivity index (χ1) is 10.9. The summed E-state index contributed by atoms with van der Waals surface area (Å²) in [7, 11) is 0. The average molecular weight is 341 g/mol. The third-order valence-corrected chi connectivity index (χ3v) is 3.71. The summed E-state index contributed by atoms with van der Waals surface area (Å²) in [5.74, 6) is -0.166. The van der Waals surface area contributed by atoms with Crippen molar-refractivity contribution in [3.05, 3.63) is 22.8 Å². The number of halogens is 1. The molecular formula is C15H21ClN4O3. The van der Waals surface area contributed by atoms with E-state index in [2.05, 4.69) is 4.98 Å². The van der Waals surface area contributed by atoms with E-state index >= 15 is 0 Å². The van der Waals surface area contributed by atoms with Crippen molar-refractivity contribution >= 4 is 23.4 Å². The number of rotatable bonds is 5. The summed E-state index contributed by atoms with van der Waals surface area (Å²) in [6.07, 6.45) is 1.43. The second kappa shape index (κ2) is 7.61. The molecule has 0 saturated carbocycles. The molecule has 0 atom stereocenters. The molecular weight excluding hydrogens is 320 g/mol. The smallest absolute Gasteiger partial charge is 0.255 e. The van der Waals surface area contributed by atoms with Crippen molar-refractivity contribution in [2.24, 2.45) is 5.73 Å². The Hall–Kier alpha value is -1.86. The lowest BCUT2D eigenvalue weighted by molar-refractivity contribution is -0.119. The van der Waals surface area contributed by atoms with E-state index in [1.165, 1.54) is 6.20 Å². The molecule has 1 aliphatic rings. The van der Waals surface area contributed by atoms with E-state index in [1.54, 1.807) is 11.0 Å². The lowest BCUT2D eigenvalue weighted by atomic mass is 10.2. The molecule has 1 saturated heterocycles. The minimum Gasteiger partial charge on any atom is -0.474 e. The standard InChI is InChI=1S/C15H21ClN4O3/c1-10(2)23-14-12(16)7-11(8-18-14)15(22)20-5-3-19(4-6-20)9-13(17)21/h7-8,10H,3-6,9H2,1-2H3,(H2,17,21). The third-order valence-electron chi connectivity index (χ3n) is 3.44. The van der Waals surface area contributed by atoms with Crippen molar-refractivity contribution in [3.8, 4) is 5.88 Å². The molecule has 1 aliphatic heterocycles. The van der Waals surface area contributed by atoms with Crippen molar-refractivity contribution in [1.82, 2.24) is 14.8 Å². The van der Waals surface area contributed by atoms with Gasteiger partial charge in [-0.05, 0) is 19.9 Å². The fraction of sp³-hybridized carbons (Fsp3) is 0.533. The summed E-state index contributed by atoms with van der Waals surface area (Å²) in [6, 6.07) is 1.57. The number of hydrogen-bond acceptors (Lipinski definition) is 5. The minimum absolute atomic E-state index is 0.0418. The summed E-state index contributed by atoms with van der Waals surface area (Å²) in [4.78, 5) is 31.2. The predicted molar refractivity (Wildman–Crippen MR) is 86.5 cm³/mol. The highest BCUT2D eigenvalue weighted by Gasteiger charge is 2.23. The third kappa shape index (κ3) is 4.80. The van der Waals surface area contributed by atoms with Crippen molar-refractivity contribution in [2.45, 2.75) is 20.0 Å². The van der Waals surface area contributed by atoms with Crippen LogP contribution < -0.4 is 10.5 Å². The molecule has 0 aromatic carbocycles. The van der Waals surface area contributed by atoms with Crippen LogP contribution in [-0.2, 0) is 4.79 Å². The molecule has 0 radical (unpaired) electrons. The monoisotopic (exact) mass is 340 g/mol. The Balaban J connectivity index is 1.98. The number of carbonyl (C=O) groups is 2.